The van der Waals surface area contributed by atoms with E-state index in [4.69, 9.17) is 15.7 Å². The highest BCUT2D eigenvalue weighted by Crippen LogP contribution is 2.36. The minimum absolute atomic E-state index is 0.118. The zero-order valence-electron chi connectivity index (χ0n) is 20.0. The molecule has 35 heavy (non-hydrogen) atoms. The Bertz CT molecular complexity index is 1310. The number of hydrogen-bond acceptors (Lipinski definition) is 5. The largest absolute Gasteiger partial charge is 0.382 e. The van der Waals surface area contributed by atoms with E-state index in [2.05, 4.69) is 50.9 Å². The van der Waals surface area contributed by atoms with Gasteiger partial charge in [0.15, 0.2) is 0 Å². The lowest BCUT2D eigenvalue weighted by Gasteiger charge is -2.35. The van der Waals surface area contributed by atoms with Crippen LogP contribution in [-0.2, 0) is 16.6 Å². The summed E-state index contributed by atoms with van der Waals surface area (Å²) in [5.41, 5.74) is 10.4. The summed E-state index contributed by atoms with van der Waals surface area (Å²) in [6.45, 7) is 2.97. The fraction of sp³-hybridized carbons (Fsp3) is 0.407. The Kier molecular flexibility index (Phi) is 6.51. The molecule has 1 aromatic carbocycles. The van der Waals surface area contributed by atoms with Gasteiger partial charge in [0.2, 0.25) is 5.91 Å². The van der Waals surface area contributed by atoms with E-state index in [0.29, 0.717) is 36.3 Å². The molecule has 5 rings (SSSR count). The number of nitrogens with two attached hydrogens (primary N) is 1. The number of nitriles is 1. The number of rotatable bonds is 4. The van der Waals surface area contributed by atoms with Crippen LogP contribution in [0.4, 0.5) is 5.69 Å². The van der Waals surface area contributed by atoms with Crippen molar-refractivity contribution in [3.8, 4) is 6.07 Å². The Hall–Kier alpha value is -3.70. The minimum Gasteiger partial charge on any atom is -0.382 e. The SMILES string of the molecule is Cn1cc(C2CCN(C(=O)C3CCOCC3)CC2)c2cc(N=C(N)c3cc(C#N)ccn3)ccc21. The number of amides is 1. The first-order valence-electron chi connectivity index (χ1n) is 12.2. The van der Waals surface area contributed by atoms with Crippen molar-refractivity contribution in [2.24, 2.45) is 23.7 Å². The van der Waals surface area contributed by atoms with Crippen molar-refractivity contribution in [2.75, 3.05) is 26.3 Å². The number of benzene rings is 1. The Morgan fingerprint density at radius 3 is 2.69 bits per heavy atom. The average molecular weight is 471 g/mol. The zero-order valence-corrected chi connectivity index (χ0v) is 20.0. The van der Waals surface area contributed by atoms with Gasteiger partial charge in [0.25, 0.3) is 0 Å². The van der Waals surface area contributed by atoms with Gasteiger partial charge in [-0.3, -0.25) is 9.78 Å². The number of fused-ring (bicyclic) bond motifs is 1. The number of piperidine rings is 1. The highest BCUT2D eigenvalue weighted by Gasteiger charge is 2.30. The molecular weight excluding hydrogens is 440 g/mol. The van der Waals surface area contributed by atoms with Crippen LogP contribution in [0.25, 0.3) is 10.9 Å². The summed E-state index contributed by atoms with van der Waals surface area (Å²) in [6, 6.07) is 11.5. The smallest absolute Gasteiger partial charge is 0.225 e. The first-order chi connectivity index (χ1) is 17.0. The zero-order chi connectivity index (χ0) is 24.4. The summed E-state index contributed by atoms with van der Waals surface area (Å²) in [7, 11) is 2.06. The highest BCUT2D eigenvalue weighted by atomic mass is 16.5. The lowest BCUT2D eigenvalue weighted by Crippen LogP contribution is -2.42. The fourth-order valence-corrected chi connectivity index (χ4v) is 5.26. The standard InChI is InChI=1S/C27H30N6O2/c1-32-17-23(19-5-10-33(11-6-19)27(34)20-7-12-35-13-8-20)22-15-21(2-3-25(22)32)31-26(29)24-14-18(16-28)4-9-30-24/h2-4,9,14-15,17,19-20H,5-8,10-13H2,1H3,(H2,29,31). The molecule has 4 heterocycles. The lowest BCUT2D eigenvalue weighted by atomic mass is 9.88. The van der Waals surface area contributed by atoms with Gasteiger partial charge in [-0.05, 0) is 67.5 Å². The molecule has 2 fully saturated rings. The summed E-state index contributed by atoms with van der Waals surface area (Å²) in [5.74, 6) is 1.08. The summed E-state index contributed by atoms with van der Waals surface area (Å²) >= 11 is 0. The van der Waals surface area contributed by atoms with E-state index in [0.717, 1.165) is 55.4 Å². The third-order valence-electron chi connectivity index (χ3n) is 7.22. The van der Waals surface area contributed by atoms with E-state index in [1.807, 2.05) is 6.07 Å². The number of likely N-dealkylation sites (tertiary alicyclic amines) is 1. The fourth-order valence-electron chi connectivity index (χ4n) is 5.26. The predicted molar refractivity (Wildman–Crippen MR) is 134 cm³/mol. The van der Waals surface area contributed by atoms with Crippen LogP contribution >= 0.6 is 0 Å². The van der Waals surface area contributed by atoms with Crippen LogP contribution in [-0.4, -0.2) is 52.5 Å². The summed E-state index contributed by atoms with van der Waals surface area (Å²) in [4.78, 5) is 23.8. The van der Waals surface area contributed by atoms with Gasteiger partial charge < -0.3 is 19.9 Å². The van der Waals surface area contributed by atoms with Crippen LogP contribution in [0.1, 0.15) is 48.4 Å². The molecule has 3 aromatic rings. The molecule has 0 unspecified atom stereocenters. The van der Waals surface area contributed by atoms with Crippen LogP contribution in [0.5, 0.6) is 0 Å². The maximum atomic E-state index is 12.9. The topological polar surface area (TPSA) is 110 Å². The molecule has 1 amide bonds. The number of nitrogens with zero attached hydrogens (tertiary/aromatic N) is 5. The molecule has 0 bridgehead atoms. The lowest BCUT2D eigenvalue weighted by molar-refractivity contribution is -0.139. The predicted octanol–water partition coefficient (Wildman–Crippen LogP) is 3.61. The maximum Gasteiger partial charge on any atom is 0.225 e. The molecule has 0 saturated carbocycles. The van der Waals surface area contributed by atoms with Gasteiger partial charge in [0.05, 0.1) is 17.3 Å². The normalized spacial score (nSPS) is 18.1. The van der Waals surface area contributed by atoms with Crippen LogP contribution in [0.2, 0.25) is 0 Å². The van der Waals surface area contributed by atoms with Gasteiger partial charge in [-0.1, -0.05) is 0 Å². The Morgan fingerprint density at radius 1 is 1.17 bits per heavy atom. The molecule has 0 radical (unpaired) electrons. The van der Waals surface area contributed by atoms with E-state index >= 15 is 0 Å². The van der Waals surface area contributed by atoms with Crippen molar-refractivity contribution in [2.45, 2.75) is 31.6 Å². The molecule has 2 aliphatic rings. The number of aliphatic imine (C=N–C) groups is 1. The number of carbonyl (C=O) groups is 1. The first kappa shape index (κ1) is 23.1. The van der Waals surface area contributed by atoms with E-state index in [9.17, 15) is 4.79 Å². The van der Waals surface area contributed by atoms with E-state index < -0.39 is 0 Å². The summed E-state index contributed by atoms with van der Waals surface area (Å²) < 4.78 is 7.57. The second kappa shape index (κ2) is 9.88. The van der Waals surface area contributed by atoms with Gasteiger partial charge in [0.1, 0.15) is 11.5 Å². The van der Waals surface area contributed by atoms with Crippen molar-refractivity contribution in [3.63, 3.8) is 0 Å². The molecule has 2 N–H and O–H groups in total. The number of carbonyl (C=O) groups excluding carboxylic acids is 1. The van der Waals surface area contributed by atoms with Gasteiger partial charge >= 0.3 is 0 Å². The molecule has 2 aliphatic heterocycles. The van der Waals surface area contributed by atoms with Gasteiger partial charge in [-0.15, -0.1) is 0 Å². The molecule has 2 saturated heterocycles. The number of aromatic nitrogens is 2. The van der Waals surface area contributed by atoms with E-state index in [-0.39, 0.29) is 11.8 Å². The van der Waals surface area contributed by atoms with E-state index in [1.54, 1.807) is 18.3 Å². The van der Waals surface area contributed by atoms with Crippen LogP contribution in [0, 0.1) is 17.2 Å². The molecule has 0 atom stereocenters. The second-order valence-electron chi connectivity index (χ2n) is 9.42. The minimum atomic E-state index is 0.118. The average Bonchev–Trinajstić information content (AvgIpc) is 3.24. The van der Waals surface area contributed by atoms with Crippen molar-refractivity contribution >= 4 is 28.3 Å². The first-order valence-corrected chi connectivity index (χ1v) is 12.2. The maximum absolute atomic E-state index is 12.9. The Morgan fingerprint density at radius 2 is 1.94 bits per heavy atom. The molecule has 0 spiro atoms. The molecule has 8 nitrogen and oxygen atoms in total. The number of hydrogen-bond donors (Lipinski definition) is 1. The van der Waals surface area contributed by atoms with Crippen LogP contribution in [0.15, 0.2) is 47.7 Å². The van der Waals surface area contributed by atoms with E-state index in [1.165, 1.54) is 5.56 Å². The number of ether oxygens (including phenoxy) is 1. The number of amidine groups is 1. The quantitative estimate of drug-likeness (QED) is 0.463. The van der Waals surface area contributed by atoms with Crippen molar-refractivity contribution in [3.05, 3.63) is 59.5 Å². The molecular formula is C27H30N6O2. The monoisotopic (exact) mass is 470 g/mol. The van der Waals surface area contributed by atoms with Crippen LogP contribution < -0.4 is 5.73 Å². The number of pyridine rings is 1. The Balaban J connectivity index is 1.35. The second-order valence-corrected chi connectivity index (χ2v) is 9.42. The van der Waals surface area contributed by atoms with Crippen molar-refractivity contribution < 1.29 is 9.53 Å². The van der Waals surface area contributed by atoms with Gasteiger partial charge in [-0.2, -0.15) is 5.26 Å². The summed E-state index contributed by atoms with van der Waals surface area (Å²) in [5, 5.41) is 10.3. The molecule has 8 heteroatoms. The van der Waals surface area contributed by atoms with Gasteiger partial charge in [0, 0.05) is 62.6 Å². The molecule has 0 aliphatic carbocycles. The summed E-state index contributed by atoms with van der Waals surface area (Å²) in [6.07, 6.45) is 7.35. The third kappa shape index (κ3) is 4.77. The van der Waals surface area contributed by atoms with Crippen molar-refractivity contribution in [1.82, 2.24) is 14.5 Å². The third-order valence-corrected chi connectivity index (χ3v) is 7.22. The van der Waals surface area contributed by atoms with Gasteiger partial charge in [-0.25, -0.2) is 4.99 Å². The van der Waals surface area contributed by atoms with Crippen LogP contribution in [0.3, 0.4) is 0 Å². The van der Waals surface area contributed by atoms with Crippen molar-refractivity contribution in [1.29, 1.82) is 5.26 Å². The molecule has 180 valence electrons. The number of aryl methyl sites for hydroxylation is 1. The highest BCUT2D eigenvalue weighted by molar-refractivity contribution is 5.98. The molecule has 2 aromatic heterocycles. The Labute approximate surface area is 205 Å².